The van der Waals surface area contributed by atoms with E-state index in [1.807, 2.05) is 49.9 Å². The molecule has 4 aromatic rings. The van der Waals surface area contributed by atoms with Gasteiger partial charge in [0.1, 0.15) is 11.3 Å². The zero-order valence-electron chi connectivity index (χ0n) is 19.5. The van der Waals surface area contributed by atoms with Gasteiger partial charge in [-0.2, -0.15) is 5.26 Å². The zero-order valence-corrected chi connectivity index (χ0v) is 19.5. The zero-order chi connectivity index (χ0) is 23.9. The van der Waals surface area contributed by atoms with Crippen molar-refractivity contribution in [1.29, 1.82) is 5.26 Å². The number of aromatic nitrogens is 2. The summed E-state index contributed by atoms with van der Waals surface area (Å²) in [5, 5.41) is 12.7. The Hall–Kier alpha value is -4.15. The third-order valence-electron chi connectivity index (χ3n) is 7.05. The standard InChI is InChI=1S/C28H25N5O2/c1-32-24-7-6-21(10-22(24)11-27(32)34)28-23(20-4-2-18(13-29)3-5-20)12-26(25-15-31-17-33(25)28)35-16-19-8-9-30-14-19/h2-7,10,12,15,17,19,30H,8-9,11,14,16H2,1H3/t19-/m1/s1. The number of imidazole rings is 1. The highest BCUT2D eigenvalue weighted by Crippen LogP contribution is 2.40. The topological polar surface area (TPSA) is 82.7 Å². The lowest BCUT2D eigenvalue weighted by atomic mass is 9.96. The number of carbonyl (C=O) groups is 1. The smallest absolute Gasteiger partial charge is 0.231 e. The van der Waals surface area contributed by atoms with Gasteiger partial charge in [-0.3, -0.25) is 9.20 Å². The number of nitrogens with zero attached hydrogens (tertiary/aromatic N) is 4. The normalized spacial score (nSPS) is 17.1. The van der Waals surface area contributed by atoms with Crippen LogP contribution in [-0.2, 0) is 11.2 Å². The van der Waals surface area contributed by atoms with Crippen molar-refractivity contribution >= 4 is 17.1 Å². The van der Waals surface area contributed by atoms with Crippen molar-refractivity contribution in [3.05, 3.63) is 72.2 Å². The number of nitriles is 1. The highest BCUT2D eigenvalue weighted by molar-refractivity contribution is 6.01. The first kappa shape index (κ1) is 21.4. The van der Waals surface area contributed by atoms with Gasteiger partial charge in [0.25, 0.3) is 0 Å². The third-order valence-corrected chi connectivity index (χ3v) is 7.05. The molecule has 2 aliphatic heterocycles. The minimum atomic E-state index is 0.0994. The minimum absolute atomic E-state index is 0.0994. The molecule has 4 heterocycles. The molecule has 0 radical (unpaired) electrons. The van der Waals surface area contributed by atoms with Crippen molar-refractivity contribution in [1.82, 2.24) is 14.7 Å². The molecule has 0 aliphatic carbocycles. The summed E-state index contributed by atoms with van der Waals surface area (Å²) in [4.78, 5) is 18.5. The van der Waals surface area contributed by atoms with E-state index >= 15 is 0 Å². The second-order valence-corrected chi connectivity index (χ2v) is 9.25. The van der Waals surface area contributed by atoms with Gasteiger partial charge in [-0.15, -0.1) is 0 Å². The Balaban J connectivity index is 1.52. The number of pyridine rings is 1. The minimum Gasteiger partial charge on any atom is -0.491 e. The number of fused-ring (bicyclic) bond motifs is 2. The molecule has 7 nitrogen and oxygen atoms in total. The van der Waals surface area contributed by atoms with Crippen LogP contribution in [0, 0.1) is 17.2 Å². The molecule has 1 atom stereocenters. The number of hydrogen-bond acceptors (Lipinski definition) is 5. The maximum Gasteiger partial charge on any atom is 0.231 e. The molecule has 0 unspecified atom stereocenters. The van der Waals surface area contributed by atoms with Crippen LogP contribution in [-0.4, -0.2) is 42.0 Å². The van der Waals surface area contributed by atoms with E-state index in [1.54, 1.807) is 4.90 Å². The number of rotatable bonds is 5. The van der Waals surface area contributed by atoms with Crippen molar-refractivity contribution in [2.75, 3.05) is 31.6 Å². The molecule has 6 rings (SSSR count). The molecule has 2 aromatic carbocycles. The first-order chi connectivity index (χ1) is 17.1. The summed E-state index contributed by atoms with van der Waals surface area (Å²) in [5.41, 5.74) is 7.42. The molecule has 35 heavy (non-hydrogen) atoms. The van der Waals surface area contributed by atoms with Gasteiger partial charge >= 0.3 is 0 Å². The van der Waals surface area contributed by atoms with E-state index in [1.165, 1.54) is 0 Å². The Morgan fingerprint density at radius 3 is 2.77 bits per heavy atom. The molecule has 1 N–H and O–H groups in total. The first-order valence-corrected chi connectivity index (χ1v) is 11.9. The molecule has 2 aromatic heterocycles. The lowest BCUT2D eigenvalue weighted by Crippen LogP contribution is -2.20. The van der Waals surface area contributed by atoms with E-state index in [-0.39, 0.29) is 5.91 Å². The average Bonchev–Trinajstić information content (AvgIpc) is 3.64. The lowest BCUT2D eigenvalue weighted by molar-refractivity contribution is -0.117. The molecule has 0 spiro atoms. The number of amides is 1. The number of nitrogens with one attached hydrogen (secondary N) is 1. The number of anilines is 1. The van der Waals surface area contributed by atoms with Crippen LogP contribution in [0.15, 0.2) is 61.1 Å². The molecule has 1 amide bonds. The quantitative estimate of drug-likeness (QED) is 0.483. The summed E-state index contributed by atoms with van der Waals surface area (Å²) in [5.74, 6) is 1.37. The summed E-state index contributed by atoms with van der Waals surface area (Å²) in [7, 11) is 1.82. The van der Waals surface area contributed by atoms with E-state index in [0.29, 0.717) is 24.5 Å². The second-order valence-electron chi connectivity index (χ2n) is 9.25. The molecule has 7 heteroatoms. The first-order valence-electron chi connectivity index (χ1n) is 11.9. The van der Waals surface area contributed by atoms with E-state index in [2.05, 4.69) is 39.0 Å². The van der Waals surface area contributed by atoms with E-state index in [4.69, 9.17) is 4.74 Å². The van der Waals surface area contributed by atoms with Crippen molar-refractivity contribution in [3.8, 4) is 34.2 Å². The largest absolute Gasteiger partial charge is 0.491 e. The predicted molar refractivity (Wildman–Crippen MR) is 134 cm³/mol. The number of hydrogen-bond donors (Lipinski definition) is 1. The fourth-order valence-electron chi connectivity index (χ4n) is 5.10. The van der Waals surface area contributed by atoms with Crippen molar-refractivity contribution < 1.29 is 9.53 Å². The van der Waals surface area contributed by atoms with Gasteiger partial charge in [-0.05, 0) is 60.0 Å². The van der Waals surface area contributed by atoms with Gasteiger partial charge in [-0.25, -0.2) is 4.98 Å². The van der Waals surface area contributed by atoms with Crippen molar-refractivity contribution in [2.45, 2.75) is 12.8 Å². The van der Waals surface area contributed by atoms with E-state index < -0.39 is 0 Å². The van der Waals surface area contributed by atoms with Crippen LogP contribution in [0.1, 0.15) is 17.5 Å². The fourth-order valence-corrected chi connectivity index (χ4v) is 5.10. The van der Waals surface area contributed by atoms with E-state index in [9.17, 15) is 10.1 Å². The van der Waals surface area contributed by atoms with Crippen LogP contribution in [0.4, 0.5) is 5.69 Å². The fraction of sp³-hybridized carbons (Fsp3) is 0.250. The summed E-state index contributed by atoms with van der Waals surface area (Å²) in [6, 6.07) is 18.0. The van der Waals surface area contributed by atoms with Crippen LogP contribution in [0.2, 0.25) is 0 Å². The van der Waals surface area contributed by atoms with Gasteiger partial charge in [0.2, 0.25) is 5.91 Å². The van der Waals surface area contributed by atoms with Crippen LogP contribution in [0.3, 0.4) is 0 Å². The number of likely N-dealkylation sites (N-methyl/N-ethyl adjacent to an activating group) is 1. The Morgan fingerprint density at radius 1 is 1.17 bits per heavy atom. The van der Waals surface area contributed by atoms with Gasteiger partial charge in [0.15, 0.2) is 0 Å². The Labute approximate surface area is 203 Å². The van der Waals surface area contributed by atoms with Crippen LogP contribution in [0.25, 0.3) is 27.9 Å². The molecule has 2 aliphatic rings. The Morgan fingerprint density at radius 2 is 2.00 bits per heavy atom. The number of ether oxygens (including phenoxy) is 1. The summed E-state index contributed by atoms with van der Waals surface area (Å²) >= 11 is 0. The summed E-state index contributed by atoms with van der Waals surface area (Å²) < 4.78 is 8.42. The maximum atomic E-state index is 12.3. The maximum absolute atomic E-state index is 12.3. The Bertz CT molecular complexity index is 1480. The molecule has 1 saturated heterocycles. The summed E-state index contributed by atoms with van der Waals surface area (Å²) in [6.45, 7) is 2.65. The molecular formula is C28H25N5O2. The molecule has 0 saturated carbocycles. The van der Waals surface area contributed by atoms with Crippen LogP contribution >= 0.6 is 0 Å². The third kappa shape index (κ3) is 3.72. The molecule has 0 bridgehead atoms. The highest BCUT2D eigenvalue weighted by atomic mass is 16.5. The van der Waals surface area contributed by atoms with Gasteiger partial charge in [0, 0.05) is 30.8 Å². The predicted octanol–water partition coefficient (Wildman–Crippen LogP) is 4.05. The molecular weight excluding hydrogens is 438 g/mol. The monoisotopic (exact) mass is 463 g/mol. The van der Waals surface area contributed by atoms with Gasteiger partial charge in [0.05, 0.1) is 42.9 Å². The van der Waals surface area contributed by atoms with Gasteiger partial charge in [-0.1, -0.05) is 18.2 Å². The van der Waals surface area contributed by atoms with Crippen LogP contribution in [0.5, 0.6) is 5.75 Å². The summed E-state index contributed by atoms with van der Waals surface area (Å²) in [6.07, 6.45) is 5.15. The molecule has 174 valence electrons. The lowest BCUT2D eigenvalue weighted by Gasteiger charge is -2.19. The van der Waals surface area contributed by atoms with Crippen molar-refractivity contribution in [3.63, 3.8) is 0 Å². The highest BCUT2D eigenvalue weighted by Gasteiger charge is 2.26. The average molecular weight is 464 g/mol. The van der Waals surface area contributed by atoms with Crippen molar-refractivity contribution in [2.24, 2.45) is 5.92 Å². The van der Waals surface area contributed by atoms with E-state index in [0.717, 1.165) is 64.4 Å². The number of carbonyl (C=O) groups excluding carboxylic acids is 1. The second kappa shape index (κ2) is 8.57. The van der Waals surface area contributed by atoms with Gasteiger partial charge < -0.3 is 15.0 Å². The Kier molecular flexibility index (Phi) is 5.24. The molecule has 1 fully saturated rings. The number of benzene rings is 2. The SMILES string of the molecule is CN1C(=O)Cc2cc(-c3c(-c4ccc(C#N)cc4)cc(OC[C@@H]4CCNC4)c4cncn34)ccc21. The van der Waals surface area contributed by atoms with Crippen LogP contribution < -0.4 is 15.0 Å².